The zero-order valence-corrected chi connectivity index (χ0v) is 19.9. The van der Waals surface area contributed by atoms with Crippen molar-refractivity contribution in [2.24, 2.45) is 11.1 Å². The fourth-order valence-electron chi connectivity index (χ4n) is 4.13. The van der Waals surface area contributed by atoms with Crippen LogP contribution in [0, 0.1) is 23.6 Å². The van der Waals surface area contributed by atoms with Crippen LogP contribution in [0.1, 0.15) is 56.4 Å². The molecule has 33 heavy (non-hydrogen) atoms. The van der Waals surface area contributed by atoms with Gasteiger partial charge in [0.25, 0.3) is 0 Å². The molecule has 2 aromatic rings. The van der Waals surface area contributed by atoms with Gasteiger partial charge in [0.05, 0.1) is 5.71 Å². The number of hydrogen-bond donors (Lipinski definition) is 3. The number of nitrogens with two attached hydrogens (primary N) is 1. The molecule has 1 aromatic heterocycles. The predicted molar refractivity (Wildman–Crippen MR) is 135 cm³/mol. The number of hydrogen-bond acceptors (Lipinski definition) is 4. The monoisotopic (exact) mass is 449 g/mol. The van der Waals surface area contributed by atoms with E-state index in [2.05, 4.69) is 11.9 Å². The van der Waals surface area contributed by atoms with E-state index < -0.39 is 5.41 Å². The second-order valence-corrected chi connectivity index (χ2v) is 8.55. The molecule has 1 aromatic carbocycles. The SMILES string of the molecule is C\C=C/C(N)=C(\C=C\CCC(CO)(CCC)Cc1ccccc1F)C(=N)c1ccnc(C)c1. The van der Waals surface area contributed by atoms with Crippen LogP contribution < -0.4 is 5.73 Å². The molecule has 0 radical (unpaired) electrons. The Morgan fingerprint density at radius 2 is 1.97 bits per heavy atom. The fourth-order valence-corrected chi connectivity index (χ4v) is 4.13. The second kappa shape index (κ2) is 12.9. The van der Waals surface area contributed by atoms with Crippen LogP contribution in [-0.4, -0.2) is 22.4 Å². The number of benzene rings is 1. The van der Waals surface area contributed by atoms with E-state index in [1.165, 1.54) is 6.07 Å². The Morgan fingerprint density at radius 1 is 1.21 bits per heavy atom. The van der Waals surface area contributed by atoms with Crippen molar-refractivity contribution in [1.82, 2.24) is 4.98 Å². The molecule has 1 atom stereocenters. The zero-order valence-electron chi connectivity index (χ0n) is 19.9. The molecule has 0 aliphatic carbocycles. The Morgan fingerprint density at radius 3 is 2.61 bits per heavy atom. The fraction of sp³-hybridized carbons (Fsp3) is 0.357. The third-order valence-corrected chi connectivity index (χ3v) is 5.88. The summed E-state index contributed by atoms with van der Waals surface area (Å²) in [5, 5.41) is 19.0. The number of allylic oxidation sites excluding steroid dienone is 5. The molecule has 0 aliphatic heterocycles. The molecule has 4 nitrogen and oxygen atoms in total. The van der Waals surface area contributed by atoms with Crippen molar-refractivity contribution >= 4 is 5.71 Å². The van der Waals surface area contributed by atoms with Gasteiger partial charge in [-0.15, -0.1) is 0 Å². The summed E-state index contributed by atoms with van der Waals surface area (Å²) < 4.78 is 14.3. The quantitative estimate of drug-likeness (QED) is 0.273. The lowest BCUT2D eigenvalue weighted by atomic mass is 9.75. The lowest BCUT2D eigenvalue weighted by Gasteiger charge is -2.32. The van der Waals surface area contributed by atoms with E-state index in [4.69, 9.17) is 11.1 Å². The Balaban J connectivity index is 2.23. The highest BCUT2D eigenvalue weighted by molar-refractivity contribution is 6.13. The van der Waals surface area contributed by atoms with Crippen LogP contribution in [-0.2, 0) is 6.42 Å². The van der Waals surface area contributed by atoms with E-state index in [-0.39, 0.29) is 12.4 Å². The minimum atomic E-state index is -0.393. The summed E-state index contributed by atoms with van der Waals surface area (Å²) in [5.41, 5.74) is 9.59. The number of halogens is 1. The minimum absolute atomic E-state index is 0.00145. The van der Waals surface area contributed by atoms with Crippen LogP contribution in [0.4, 0.5) is 4.39 Å². The molecule has 0 amide bonds. The van der Waals surface area contributed by atoms with E-state index in [1.54, 1.807) is 30.5 Å². The molecule has 0 fully saturated rings. The number of aromatic nitrogens is 1. The van der Waals surface area contributed by atoms with E-state index in [0.29, 0.717) is 41.8 Å². The molecule has 1 heterocycles. The first-order valence-electron chi connectivity index (χ1n) is 11.5. The minimum Gasteiger partial charge on any atom is -0.398 e. The van der Waals surface area contributed by atoms with Gasteiger partial charge in [-0.25, -0.2) is 4.39 Å². The average molecular weight is 450 g/mol. The topological polar surface area (TPSA) is 83.0 Å². The first-order valence-corrected chi connectivity index (χ1v) is 11.5. The van der Waals surface area contributed by atoms with Crippen molar-refractivity contribution < 1.29 is 9.50 Å². The van der Waals surface area contributed by atoms with Gasteiger partial charge in [0.1, 0.15) is 5.82 Å². The van der Waals surface area contributed by atoms with Crippen LogP contribution >= 0.6 is 0 Å². The molecule has 5 heteroatoms. The van der Waals surface area contributed by atoms with Crippen molar-refractivity contribution in [1.29, 1.82) is 5.41 Å². The molecule has 2 rings (SSSR count). The standard InChI is InChI=1S/C28H36FN3O/c1-4-10-26(30)24(27(31)22-14-17-32-21(3)18-22)12-8-9-16-28(20-33,15-5-2)19-23-11-6-7-13-25(23)29/h4,6-8,10-14,17-18,31,33H,5,9,15-16,19-20,30H2,1-3H3/b10-4-,12-8+,26-24-,31-27?. The maximum atomic E-state index is 14.3. The largest absolute Gasteiger partial charge is 0.398 e. The van der Waals surface area contributed by atoms with E-state index in [9.17, 15) is 9.50 Å². The van der Waals surface area contributed by atoms with Crippen molar-refractivity contribution in [2.45, 2.75) is 52.9 Å². The molecule has 0 bridgehead atoms. The molecular formula is C28H36FN3O. The zero-order chi connectivity index (χ0) is 24.3. The van der Waals surface area contributed by atoms with Gasteiger partial charge >= 0.3 is 0 Å². The van der Waals surface area contributed by atoms with Crippen molar-refractivity contribution in [2.75, 3.05) is 6.61 Å². The number of nitrogens with one attached hydrogen (secondary N) is 1. The normalized spacial score (nSPS) is 14.5. The Labute approximate surface area is 197 Å². The van der Waals surface area contributed by atoms with Crippen molar-refractivity contribution in [3.05, 3.63) is 101 Å². The van der Waals surface area contributed by atoms with Gasteiger partial charge in [-0.05, 0) is 74.8 Å². The summed E-state index contributed by atoms with van der Waals surface area (Å²) in [6.07, 6.45) is 12.8. The highest BCUT2D eigenvalue weighted by Gasteiger charge is 2.29. The van der Waals surface area contributed by atoms with E-state index >= 15 is 0 Å². The Kier molecular flexibility index (Phi) is 10.2. The number of aryl methyl sites for hydroxylation is 1. The van der Waals surface area contributed by atoms with Crippen LogP contribution in [0.3, 0.4) is 0 Å². The van der Waals surface area contributed by atoms with Gasteiger partial charge in [-0.3, -0.25) is 10.4 Å². The molecular weight excluding hydrogens is 413 g/mol. The molecule has 0 aliphatic rings. The van der Waals surface area contributed by atoms with E-state index in [0.717, 1.165) is 24.1 Å². The smallest absolute Gasteiger partial charge is 0.126 e. The summed E-state index contributed by atoms with van der Waals surface area (Å²) in [7, 11) is 0. The van der Waals surface area contributed by atoms with Crippen LogP contribution in [0.5, 0.6) is 0 Å². The molecule has 4 N–H and O–H groups in total. The number of pyridine rings is 1. The number of aliphatic hydroxyl groups excluding tert-OH is 1. The molecule has 0 saturated carbocycles. The molecule has 0 spiro atoms. The predicted octanol–water partition coefficient (Wildman–Crippen LogP) is 6.04. The van der Waals surface area contributed by atoms with E-state index in [1.807, 2.05) is 44.2 Å². The molecule has 176 valence electrons. The van der Waals surface area contributed by atoms with Gasteiger partial charge in [-0.2, -0.15) is 0 Å². The Hall–Kier alpha value is -3.05. The lowest BCUT2D eigenvalue weighted by molar-refractivity contribution is 0.103. The third kappa shape index (κ3) is 7.50. The summed E-state index contributed by atoms with van der Waals surface area (Å²) in [6, 6.07) is 10.5. The third-order valence-electron chi connectivity index (χ3n) is 5.88. The molecule has 1 unspecified atom stereocenters. The first kappa shape index (κ1) is 26.2. The van der Waals surface area contributed by atoms with Gasteiger partial charge in [0.2, 0.25) is 0 Å². The number of nitrogens with zero attached hydrogens (tertiary/aromatic N) is 1. The van der Waals surface area contributed by atoms with Crippen LogP contribution in [0.15, 0.2) is 78.2 Å². The van der Waals surface area contributed by atoms with Crippen LogP contribution in [0.25, 0.3) is 0 Å². The molecule has 0 saturated heterocycles. The number of rotatable bonds is 12. The van der Waals surface area contributed by atoms with Gasteiger partial charge in [-0.1, -0.05) is 49.8 Å². The summed E-state index contributed by atoms with van der Waals surface area (Å²) in [5.74, 6) is -0.229. The van der Waals surface area contributed by atoms with Gasteiger partial charge in [0, 0.05) is 35.3 Å². The van der Waals surface area contributed by atoms with Gasteiger partial charge < -0.3 is 10.8 Å². The number of aliphatic hydroxyl groups is 1. The summed E-state index contributed by atoms with van der Waals surface area (Å²) in [6.45, 7) is 5.86. The average Bonchev–Trinajstić information content (AvgIpc) is 2.80. The maximum Gasteiger partial charge on any atom is 0.126 e. The van der Waals surface area contributed by atoms with Crippen LogP contribution in [0.2, 0.25) is 0 Å². The summed E-state index contributed by atoms with van der Waals surface area (Å²) in [4.78, 5) is 4.21. The summed E-state index contributed by atoms with van der Waals surface area (Å²) >= 11 is 0. The Bertz CT molecular complexity index is 1030. The maximum absolute atomic E-state index is 14.3. The van der Waals surface area contributed by atoms with Gasteiger partial charge in [0.15, 0.2) is 0 Å². The highest BCUT2D eigenvalue weighted by Crippen LogP contribution is 2.34. The second-order valence-electron chi connectivity index (χ2n) is 8.55. The first-order chi connectivity index (χ1) is 15.9. The lowest BCUT2D eigenvalue weighted by Crippen LogP contribution is -2.28. The van der Waals surface area contributed by atoms with Crippen molar-refractivity contribution in [3.8, 4) is 0 Å². The highest BCUT2D eigenvalue weighted by atomic mass is 19.1. The van der Waals surface area contributed by atoms with Crippen molar-refractivity contribution in [3.63, 3.8) is 0 Å².